The van der Waals surface area contributed by atoms with Crippen LogP contribution in [0, 0.1) is 20.2 Å². The second-order valence-electron chi connectivity index (χ2n) is 6.75. The van der Waals surface area contributed by atoms with Gasteiger partial charge in [-0.15, -0.1) is 0 Å². The van der Waals surface area contributed by atoms with E-state index in [-0.39, 0.29) is 22.3 Å². The predicted molar refractivity (Wildman–Crippen MR) is 117 cm³/mol. The molecule has 0 atom stereocenters. The molecule has 0 bridgehead atoms. The molecule has 3 amide bonds. The third kappa shape index (κ3) is 6.20. The van der Waals surface area contributed by atoms with Crippen LogP contribution in [-0.4, -0.2) is 26.8 Å². The lowest BCUT2D eigenvalue weighted by Gasteiger charge is -2.11. The molecule has 3 aromatic rings. The van der Waals surface area contributed by atoms with Crippen molar-refractivity contribution in [1.82, 2.24) is 10.3 Å². The molecule has 12 nitrogen and oxygen atoms in total. The molecule has 16 heteroatoms. The fourth-order valence-corrected chi connectivity index (χ4v) is 2.91. The minimum atomic E-state index is -4.57. The molecule has 186 valence electrons. The quantitative estimate of drug-likeness (QED) is 0.322. The van der Waals surface area contributed by atoms with Gasteiger partial charge < -0.3 is 10.1 Å². The summed E-state index contributed by atoms with van der Waals surface area (Å²) in [5.41, 5.74) is -3.01. The Hall–Kier alpha value is -4.79. The van der Waals surface area contributed by atoms with Gasteiger partial charge in [0, 0.05) is 24.0 Å². The summed E-state index contributed by atoms with van der Waals surface area (Å²) in [6, 6.07) is 6.66. The lowest BCUT2D eigenvalue weighted by molar-refractivity contribution is -0.394. The Balaban J connectivity index is 1.67. The first-order valence-corrected chi connectivity index (χ1v) is 9.79. The first-order valence-electron chi connectivity index (χ1n) is 9.41. The molecular formula is C20H11ClF3N5O7. The van der Waals surface area contributed by atoms with E-state index >= 15 is 0 Å². The van der Waals surface area contributed by atoms with Crippen molar-refractivity contribution in [3.63, 3.8) is 0 Å². The number of imide groups is 1. The topological polar surface area (TPSA) is 167 Å². The number of halogens is 4. The standard InChI is InChI=1S/C20H11ClF3N5O7/c21-14-7-11(2-5-16(14)36-17-6-1-10(9-25-17)20(22,23)24)26-19(31)27-18(30)13-4-3-12(28(32)33)8-15(13)29(34)35/h1-9H,(H2,26,27,30,31). The van der Waals surface area contributed by atoms with Gasteiger partial charge in [0.25, 0.3) is 17.3 Å². The monoisotopic (exact) mass is 525 g/mol. The van der Waals surface area contributed by atoms with E-state index in [1.807, 2.05) is 5.32 Å². The summed E-state index contributed by atoms with van der Waals surface area (Å²) >= 11 is 6.06. The summed E-state index contributed by atoms with van der Waals surface area (Å²) in [4.78, 5) is 48.1. The van der Waals surface area contributed by atoms with Crippen molar-refractivity contribution in [3.8, 4) is 11.6 Å². The second-order valence-corrected chi connectivity index (χ2v) is 7.16. The predicted octanol–water partition coefficient (Wildman–Crippen LogP) is 5.32. The van der Waals surface area contributed by atoms with Crippen LogP contribution in [-0.2, 0) is 6.18 Å². The Kier molecular flexibility index (Phi) is 7.33. The van der Waals surface area contributed by atoms with Crippen LogP contribution < -0.4 is 15.4 Å². The van der Waals surface area contributed by atoms with Crippen LogP contribution >= 0.6 is 11.6 Å². The van der Waals surface area contributed by atoms with Gasteiger partial charge in [-0.2, -0.15) is 13.2 Å². The number of nitro groups is 2. The van der Waals surface area contributed by atoms with E-state index in [0.717, 1.165) is 24.3 Å². The fraction of sp³-hybridized carbons (Fsp3) is 0.0500. The van der Waals surface area contributed by atoms with Crippen LogP contribution in [0.5, 0.6) is 11.6 Å². The number of nitrogens with zero attached hydrogens (tertiary/aromatic N) is 3. The maximum Gasteiger partial charge on any atom is 0.417 e. The third-order valence-corrected chi connectivity index (χ3v) is 4.62. The summed E-state index contributed by atoms with van der Waals surface area (Å²) in [6.07, 6.45) is -3.99. The van der Waals surface area contributed by atoms with E-state index in [4.69, 9.17) is 16.3 Å². The molecule has 0 aliphatic carbocycles. The van der Waals surface area contributed by atoms with Crippen molar-refractivity contribution in [2.45, 2.75) is 6.18 Å². The van der Waals surface area contributed by atoms with Crippen molar-refractivity contribution in [1.29, 1.82) is 0 Å². The number of anilines is 1. The smallest absolute Gasteiger partial charge is 0.417 e. The zero-order chi connectivity index (χ0) is 26.6. The SMILES string of the molecule is O=C(NC(=O)c1ccc([N+](=O)[O-])cc1[N+](=O)[O-])Nc1ccc(Oc2ccc(C(F)(F)F)cn2)c(Cl)c1. The highest BCUT2D eigenvalue weighted by Crippen LogP contribution is 2.33. The number of hydrogen-bond acceptors (Lipinski definition) is 8. The highest BCUT2D eigenvalue weighted by molar-refractivity contribution is 6.32. The number of ether oxygens (including phenoxy) is 1. The van der Waals surface area contributed by atoms with Crippen LogP contribution in [0.1, 0.15) is 15.9 Å². The van der Waals surface area contributed by atoms with E-state index in [1.54, 1.807) is 0 Å². The minimum absolute atomic E-state index is 0.00698. The molecule has 2 N–H and O–H groups in total. The summed E-state index contributed by atoms with van der Waals surface area (Å²) in [5, 5.41) is 26.0. The maximum absolute atomic E-state index is 12.6. The van der Waals surface area contributed by atoms with Crippen molar-refractivity contribution >= 4 is 40.6 Å². The summed E-state index contributed by atoms with van der Waals surface area (Å²) in [6.45, 7) is 0. The molecule has 0 fully saturated rings. The number of aromatic nitrogens is 1. The number of urea groups is 1. The summed E-state index contributed by atoms with van der Waals surface area (Å²) < 4.78 is 43.2. The number of carbonyl (C=O) groups excluding carboxylic acids is 2. The van der Waals surface area contributed by atoms with Gasteiger partial charge in [0.15, 0.2) is 0 Å². The van der Waals surface area contributed by atoms with E-state index in [9.17, 15) is 43.0 Å². The van der Waals surface area contributed by atoms with E-state index in [1.165, 1.54) is 18.2 Å². The van der Waals surface area contributed by atoms with Crippen molar-refractivity contribution in [2.24, 2.45) is 0 Å². The molecule has 0 spiro atoms. The van der Waals surface area contributed by atoms with Gasteiger partial charge in [-0.25, -0.2) is 9.78 Å². The van der Waals surface area contributed by atoms with Crippen LogP contribution in [0.25, 0.3) is 0 Å². The maximum atomic E-state index is 12.6. The van der Waals surface area contributed by atoms with Crippen molar-refractivity contribution in [3.05, 3.63) is 91.1 Å². The Bertz CT molecular complexity index is 1370. The fourth-order valence-electron chi connectivity index (χ4n) is 2.69. The average Bonchev–Trinajstić information content (AvgIpc) is 2.80. The van der Waals surface area contributed by atoms with Gasteiger partial charge in [-0.05, 0) is 30.3 Å². The molecule has 0 saturated carbocycles. The van der Waals surface area contributed by atoms with Crippen LogP contribution in [0.15, 0.2) is 54.7 Å². The number of non-ortho nitro benzene ring substituents is 1. The van der Waals surface area contributed by atoms with Gasteiger partial charge in [0.2, 0.25) is 5.88 Å². The summed E-state index contributed by atoms with van der Waals surface area (Å²) in [5.74, 6) is -1.39. The molecule has 3 rings (SSSR count). The molecule has 1 aromatic heterocycles. The minimum Gasteiger partial charge on any atom is -0.437 e. The number of nitro benzene ring substituents is 2. The largest absolute Gasteiger partial charge is 0.437 e. The van der Waals surface area contributed by atoms with E-state index in [2.05, 4.69) is 10.3 Å². The number of rotatable bonds is 6. The molecule has 0 unspecified atom stereocenters. The first-order chi connectivity index (χ1) is 16.8. The van der Waals surface area contributed by atoms with Crippen LogP contribution in [0.3, 0.4) is 0 Å². The Morgan fingerprint density at radius 2 is 1.72 bits per heavy atom. The molecule has 2 aromatic carbocycles. The number of alkyl halides is 3. The van der Waals surface area contributed by atoms with E-state index in [0.29, 0.717) is 12.3 Å². The number of carbonyl (C=O) groups is 2. The normalized spacial score (nSPS) is 10.9. The zero-order valence-electron chi connectivity index (χ0n) is 17.4. The summed E-state index contributed by atoms with van der Waals surface area (Å²) in [7, 11) is 0. The lowest BCUT2D eigenvalue weighted by atomic mass is 10.1. The number of nitrogens with one attached hydrogen (secondary N) is 2. The number of amides is 3. The first kappa shape index (κ1) is 25.8. The van der Waals surface area contributed by atoms with Gasteiger partial charge >= 0.3 is 12.2 Å². The zero-order valence-corrected chi connectivity index (χ0v) is 18.2. The lowest BCUT2D eigenvalue weighted by Crippen LogP contribution is -2.34. The Morgan fingerprint density at radius 1 is 1.00 bits per heavy atom. The van der Waals surface area contributed by atoms with Gasteiger partial charge in [0.1, 0.15) is 11.3 Å². The number of pyridine rings is 1. The molecule has 0 aliphatic rings. The van der Waals surface area contributed by atoms with Crippen LogP contribution in [0.2, 0.25) is 5.02 Å². The highest BCUT2D eigenvalue weighted by Gasteiger charge is 2.31. The van der Waals surface area contributed by atoms with Gasteiger partial charge in [0.05, 0.1) is 26.5 Å². The second kappa shape index (κ2) is 10.2. The van der Waals surface area contributed by atoms with Crippen molar-refractivity contribution in [2.75, 3.05) is 5.32 Å². The van der Waals surface area contributed by atoms with Gasteiger partial charge in [-0.1, -0.05) is 11.6 Å². The highest BCUT2D eigenvalue weighted by atomic mass is 35.5. The van der Waals surface area contributed by atoms with Crippen LogP contribution in [0.4, 0.5) is 35.0 Å². The number of benzene rings is 2. The molecule has 1 heterocycles. The van der Waals surface area contributed by atoms with Gasteiger partial charge in [-0.3, -0.25) is 30.3 Å². The molecule has 0 aliphatic heterocycles. The molecule has 0 saturated heterocycles. The third-order valence-electron chi connectivity index (χ3n) is 4.33. The number of hydrogen-bond donors (Lipinski definition) is 2. The average molecular weight is 526 g/mol. The Labute approximate surface area is 203 Å². The molecule has 0 radical (unpaired) electrons. The molecular weight excluding hydrogens is 515 g/mol. The van der Waals surface area contributed by atoms with E-state index < -0.39 is 50.5 Å². The van der Waals surface area contributed by atoms with Crippen molar-refractivity contribution < 1.29 is 37.3 Å². The molecule has 36 heavy (non-hydrogen) atoms. The Morgan fingerprint density at radius 3 is 2.28 bits per heavy atom.